The van der Waals surface area contributed by atoms with Crippen molar-refractivity contribution >= 4 is 16.8 Å². The van der Waals surface area contributed by atoms with Gasteiger partial charge in [-0.3, -0.25) is 9.78 Å². The first-order chi connectivity index (χ1) is 16.6. The number of halogens is 1. The maximum Gasteiger partial charge on any atom is 0.251 e. The lowest BCUT2D eigenvalue weighted by atomic mass is 9.75. The molecule has 1 heterocycles. The maximum atomic E-state index is 13.9. The Morgan fingerprint density at radius 2 is 1.68 bits per heavy atom. The predicted molar refractivity (Wildman–Crippen MR) is 135 cm³/mol. The number of benzene rings is 3. The number of nitrogens with one attached hydrogen (secondary N) is 1. The number of pyridine rings is 1. The van der Waals surface area contributed by atoms with E-state index in [2.05, 4.69) is 29.4 Å². The highest BCUT2D eigenvalue weighted by Crippen LogP contribution is 2.39. The van der Waals surface area contributed by atoms with E-state index in [0.717, 1.165) is 47.7 Å². The summed E-state index contributed by atoms with van der Waals surface area (Å²) in [4.78, 5) is 17.4. The van der Waals surface area contributed by atoms with E-state index in [1.165, 1.54) is 11.6 Å². The molecule has 1 fully saturated rings. The molecule has 0 radical (unpaired) electrons. The zero-order valence-electron chi connectivity index (χ0n) is 19.4. The molecule has 5 rings (SSSR count). The van der Waals surface area contributed by atoms with E-state index in [9.17, 15) is 9.18 Å². The molecule has 4 aromatic rings. The quantitative estimate of drug-likeness (QED) is 0.350. The maximum absolute atomic E-state index is 13.9. The Morgan fingerprint density at radius 1 is 0.912 bits per heavy atom. The molecule has 172 valence electrons. The summed E-state index contributed by atoms with van der Waals surface area (Å²) in [6.07, 6.45) is 5.96. The number of rotatable bonds is 5. The molecule has 1 aromatic heterocycles. The van der Waals surface area contributed by atoms with Crippen LogP contribution in [0.25, 0.3) is 22.0 Å². The molecule has 4 heteroatoms. The predicted octanol–water partition coefficient (Wildman–Crippen LogP) is 7.13. The molecule has 0 saturated heterocycles. The zero-order chi connectivity index (χ0) is 23.5. The Bertz CT molecular complexity index is 1300. The SMILES string of the molecule is C[C@@H](NC(=O)c1cccc(-c2ccccc2)c1)C1CCC(c2ccnc3ccc(F)cc23)CC1. The van der Waals surface area contributed by atoms with Crippen molar-refractivity contribution in [2.75, 3.05) is 0 Å². The van der Waals surface area contributed by atoms with Crippen molar-refractivity contribution < 1.29 is 9.18 Å². The minimum atomic E-state index is -0.219. The number of hydrogen-bond donors (Lipinski definition) is 1. The average Bonchev–Trinajstić information content (AvgIpc) is 2.89. The van der Waals surface area contributed by atoms with Gasteiger partial charge in [-0.25, -0.2) is 4.39 Å². The van der Waals surface area contributed by atoms with Crippen molar-refractivity contribution in [3.8, 4) is 11.1 Å². The molecule has 3 aromatic carbocycles. The van der Waals surface area contributed by atoms with Gasteiger partial charge in [-0.15, -0.1) is 0 Å². The summed E-state index contributed by atoms with van der Waals surface area (Å²) in [5, 5.41) is 4.16. The molecule has 1 amide bonds. The Balaban J connectivity index is 1.23. The fraction of sp³-hybridized carbons (Fsp3) is 0.267. The van der Waals surface area contributed by atoms with Gasteiger partial charge in [0.05, 0.1) is 5.52 Å². The van der Waals surface area contributed by atoms with Crippen LogP contribution in [0.3, 0.4) is 0 Å². The number of amides is 1. The van der Waals surface area contributed by atoms with Crippen LogP contribution in [0.4, 0.5) is 4.39 Å². The zero-order valence-corrected chi connectivity index (χ0v) is 19.4. The molecule has 0 aliphatic heterocycles. The van der Waals surface area contributed by atoms with Gasteiger partial charge in [-0.1, -0.05) is 42.5 Å². The smallest absolute Gasteiger partial charge is 0.251 e. The lowest BCUT2D eigenvalue weighted by Crippen LogP contribution is -2.39. The van der Waals surface area contributed by atoms with Crippen LogP contribution >= 0.6 is 0 Å². The number of carbonyl (C=O) groups is 1. The number of hydrogen-bond acceptors (Lipinski definition) is 2. The summed E-state index contributed by atoms with van der Waals surface area (Å²) in [6, 6.07) is 24.9. The Labute approximate surface area is 200 Å². The fourth-order valence-corrected chi connectivity index (χ4v) is 5.30. The third kappa shape index (κ3) is 4.72. The summed E-state index contributed by atoms with van der Waals surface area (Å²) in [6.45, 7) is 2.11. The van der Waals surface area contributed by atoms with Crippen molar-refractivity contribution in [2.45, 2.75) is 44.6 Å². The fourth-order valence-electron chi connectivity index (χ4n) is 5.30. The van der Waals surface area contributed by atoms with Crippen molar-refractivity contribution in [2.24, 2.45) is 5.92 Å². The van der Waals surface area contributed by atoms with Gasteiger partial charge < -0.3 is 5.32 Å². The van der Waals surface area contributed by atoms with Crippen LogP contribution in [0, 0.1) is 11.7 Å². The van der Waals surface area contributed by atoms with E-state index in [4.69, 9.17) is 0 Å². The number of aromatic nitrogens is 1. The van der Waals surface area contributed by atoms with E-state index in [1.807, 2.05) is 54.7 Å². The molecule has 1 aliphatic carbocycles. The van der Waals surface area contributed by atoms with Gasteiger partial charge in [-0.2, -0.15) is 0 Å². The first kappa shape index (κ1) is 22.3. The molecule has 34 heavy (non-hydrogen) atoms. The first-order valence-corrected chi connectivity index (χ1v) is 12.1. The lowest BCUT2D eigenvalue weighted by Gasteiger charge is -2.33. The van der Waals surface area contributed by atoms with E-state index in [-0.39, 0.29) is 17.8 Å². The highest BCUT2D eigenvalue weighted by molar-refractivity contribution is 5.95. The summed E-state index contributed by atoms with van der Waals surface area (Å²) in [5.74, 6) is 0.586. The van der Waals surface area contributed by atoms with Gasteiger partial charge >= 0.3 is 0 Å². The molecule has 0 bridgehead atoms. The lowest BCUT2D eigenvalue weighted by molar-refractivity contribution is 0.0918. The molecular weight excluding hydrogens is 423 g/mol. The Hall–Kier alpha value is -3.53. The van der Waals surface area contributed by atoms with Crippen LogP contribution < -0.4 is 5.32 Å². The second-order valence-corrected chi connectivity index (χ2v) is 9.38. The molecule has 1 atom stereocenters. The Kier molecular flexibility index (Phi) is 6.39. The Morgan fingerprint density at radius 3 is 2.47 bits per heavy atom. The topological polar surface area (TPSA) is 42.0 Å². The van der Waals surface area contributed by atoms with Crippen LogP contribution in [0.5, 0.6) is 0 Å². The molecule has 0 unspecified atom stereocenters. The molecular formula is C30H29FN2O. The van der Waals surface area contributed by atoms with Crippen molar-refractivity contribution in [3.63, 3.8) is 0 Å². The second-order valence-electron chi connectivity index (χ2n) is 9.38. The molecule has 0 spiro atoms. The van der Waals surface area contributed by atoms with Crippen molar-refractivity contribution in [1.82, 2.24) is 10.3 Å². The minimum Gasteiger partial charge on any atom is -0.349 e. The van der Waals surface area contributed by atoms with Gasteiger partial charge in [0.1, 0.15) is 5.82 Å². The summed E-state index contributed by atoms with van der Waals surface area (Å²) < 4.78 is 13.9. The normalized spacial score (nSPS) is 19.0. The van der Waals surface area contributed by atoms with Gasteiger partial charge in [0.15, 0.2) is 0 Å². The third-order valence-electron chi connectivity index (χ3n) is 7.25. The van der Waals surface area contributed by atoms with Gasteiger partial charge in [0.2, 0.25) is 0 Å². The number of nitrogens with zero attached hydrogens (tertiary/aromatic N) is 1. The van der Waals surface area contributed by atoms with Gasteiger partial charge in [0.25, 0.3) is 5.91 Å². The van der Waals surface area contributed by atoms with Gasteiger partial charge in [-0.05, 0) is 97.5 Å². The van der Waals surface area contributed by atoms with E-state index < -0.39 is 0 Å². The van der Waals surface area contributed by atoms with Crippen LogP contribution in [0.15, 0.2) is 85.1 Å². The monoisotopic (exact) mass is 452 g/mol. The van der Waals surface area contributed by atoms with Crippen molar-refractivity contribution in [1.29, 1.82) is 0 Å². The minimum absolute atomic E-state index is 0.0250. The summed E-state index contributed by atoms with van der Waals surface area (Å²) in [5.41, 5.74) is 4.87. The highest BCUT2D eigenvalue weighted by atomic mass is 19.1. The molecule has 1 aliphatic rings. The van der Waals surface area contributed by atoms with Crippen LogP contribution in [0.1, 0.15) is 54.4 Å². The number of fused-ring (bicyclic) bond motifs is 1. The van der Waals surface area contributed by atoms with E-state index in [0.29, 0.717) is 17.4 Å². The van der Waals surface area contributed by atoms with E-state index in [1.54, 1.807) is 12.1 Å². The van der Waals surface area contributed by atoms with Gasteiger partial charge in [0, 0.05) is 23.2 Å². The standard InChI is InChI=1S/C30H29FN2O/c1-20(33-30(34)25-9-5-8-24(18-25)22-6-3-2-4-7-22)21-10-12-23(13-11-21)27-16-17-32-29-15-14-26(31)19-28(27)29/h2-9,14-21,23H,10-13H2,1H3,(H,33,34)/t20-,21?,23?/m1/s1. The van der Waals surface area contributed by atoms with Crippen LogP contribution in [0.2, 0.25) is 0 Å². The number of carbonyl (C=O) groups excluding carboxylic acids is 1. The highest BCUT2D eigenvalue weighted by Gasteiger charge is 2.28. The van der Waals surface area contributed by atoms with Crippen LogP contribution in [-0.2, 0) is 0 Å². The van der Waals surface area contributed by atoms with Crippen molar-refractivity contribution in [3.05, 3.63) is 102 Å². The first-order valence-electron chi connectivity index (χ1n) is 12.1. The largest absolute Gasteiger partial charge is 0.349 e. The average molecular weight is 453 g/mol. The summed E-state index contributed by atoms with van der Waals surface area (Å²) in [7, 11) is 0. The molecule has 1 N–H and O–H groups in total. The summed E-state index contributed by atoms with van der Waals surface area (Å²) >= 11 is 0. The third-order valence-corrected chi connectivity index (χ3v) is 7.25. The molecule has 3 nitrogen and oxygen atoms in total. The second kappa shape index (κ2) is 9.76. The van der Waals surface area contributed by atoms with E-state index >= 15 is 0 Å². The molecule has 1 saturated carbocycles. The van der Waals surface area contributed by atoms with Crippen LogP contribution in [-0.4, -0.2) is 16.9 Å².